The van der Waals surface area contributed by atoms with Crippen molar-refractivity contribution in [3.8, 4) is 0 Å². The lowest BCUT2D eigenvalue weighted by Crippen LogP contribution is -2.13. The first kappa shape index (κ1) is 12.6. The van der Waals surface area contributed by atoms with Gasteiger partial charge in [-0.25, -0.2) is 0 Å². The minimum atomic E-state index is -0.965. The molecular weight excluding hydrogens is 226 g/mol. The van der Waals surface area contributed by atoms with Crippen LogP contribution >= 0.6 is 11.8 Å². The third kappa shape index (κ3) is 3.94. The maximum absolute atomic E-state index is 11.4. The van der Waals surface area contributed by atoms with E-state index < -0.39 is 5.97 Å². The lowest BCUT2D eigenvalue weighted by Gasteiger charge is -2.08. The Labute approximate surface area is 98.0 Å². The van der Waals surface area contributed by atoms with Crippen molar-refractivity contribution in [3.05, 3.63) is 24.3 Å². The summed E-state index contributed by atoms with van der Waals surface area (Å²) in [5.74, 6) is -1.24. The van der Waals surface area contributed by atoms with Crippen molar-refractivity contribution < 1.29 is 14.7 Å². The number of anilines is 1. The number of hydrogen-bond donors (Lipinski definition) is 2. The van der Waals surface area contributed by atoms with Crippen LogP contribution in [0.4, 0.5) is 5.69 Å². The number of carboxylic acid groups (broad SMARTS) is 1. The molecule has 0 heterocycles. The van der Waals surface area contributed by atoms with Crippen LogP contribution in [0.25, 0.3) is 0 Å². The topological polar surface area (TPSA) is 66.4 Å². The van der Waals surface area contributed by atoms with Crippen molar-refractivity contribution in [1.82, 2.24) is 0 Å². The van der Waals surface area contributed by atoms with Crippen LogP contribution in [0.3, 0.4) is 0 Å². The summed E-state index contributed by atoms with van der Waals surface area (Å²) in [5.41, 5.74) is 0.727. The number of hydrogen-bond acceptors (Lipinski definition) is 3. The predicted molar refractivity (Wildman–Crippen MR) is 63.7 cm³/mol. The van der Waals surface area contributed by atoms with Crippen LogP contribution in [-0.2, 0) is 9.59 Å². The monoisotopic (exact) mass is 239 g/mol. The van der Waals surface area contributed by atoms with E-state index >= 15 is 0 Å². The van der Waals surface area contributed by atoms with E-state index in [1.807, 2.05) is 24.5 Å². The number of carbonyl (C=O) groups excluding carboxylic acids is 1. The molecule has 0 spiro atoms. The maximum Gasteiger partial charge on any atom is 0.303 e. The average molecular weight is 239 g/mol. The summed E-state index contributed by atoms with van der Waals surface area (Å²) in [6.45, 7) is 0. The van der Waals surface area contributed by atoms with Crippen molar-refractivity contribution in [2.24, 2.45) is 0 Å². The highest BCUT2D eigenvalue weighted by molar-refractivity contribution is 7.98. The Morgan fingerprint density at radius 3 is 2.62 bits per heavy atom. The lowest BCUT2D eigenvalue weighted by molar-refractivity contribution is -0.138. The number of aliphatic carboxylic acids is 1. The Morgan fingerprint density at radius 1 is 1.31 bits per heavy atom. The summed E-state index contributed by atoms with van der Waals surface area (Å²) in [4.78, 5) is 22.7. The van der Waals surface area contributed by atoms with E-state index in [4.69, 9.17) is 5.11 Å². The van der Waals surface area contributed by atoms with E-state index in [0.717, 1.165) is 10.6 Å². The van der Waals surface area contributed by atoms with Gasteiger partial charge >= 0.3 is 5.97 Å². The van der Waals surface area contributed by atoms with Crippen LogP contribution in [0.5, 0.6) is 0 Å². The van der Waals surface area contributed by atoms with E-state index in [-0.39, 0.29) is 18.7 Å². The average Bonchev–Trinajstić information content (AvgIpc) is 2.27. The predicted octanol–water partition coefficient (Wildman–Crippen LogP) is 2.21. The van der Waals surface area contributed by atoms with Crippen LogP contribution in [-0.4, -0.2) is 23.2 Å². The van der Waals surface area contributed by atoms with E-state index in [0.29, 0.717) is 0 Å². The van der Waals surface area contributed by atoms with Crippen LogP contribution < -0.4 is 5.32 Å². The second-order valence-electron chi connectivity index (χ2n) is 3.14. The summed E-state index contributed by atoms with van der Waals surface area (Å²) >= 11 is 1.53. The first-order chi connectivity index (χ1) is 7.63. The van der Waals surface area contributed by atoms with E-state index in [1.165, 1.54) is 11.8 Å². The molecule has 1 rings (SSSR count). The van der Waals surface area contributed by atoms with Gasteiger partial charge < -0.3 is 10.4 Å². The summed E-state index contributed by atoms with van der Waals surface area (Å²) in [5, 5.41) is 11.1. The van der Waals surface area contributed by atoms with E-state index in [9.17, 15) is 9.59 Å². The molecule has 0 radical (unpaired) electrons. The molecule has 0 saturated heterocycles. The van der Waals surface area contributed by atoms with Crippen LogP contribution in [0.15, 0.2) is 29.2 Å². The zero-order valence-electron chi connectivity index (χ0n) is 8.90. The summed E-state index contributed by atoms with van der Waals surface area (Å²) in [6, 6.07) is 7.41. The Balaban J connectivity index is 2.58. The number of nitrogens with one attached hydrogen (secondary N) is 1. The van der Waals surface area contributed by atoms with Gasteiger partial charge in [-0.3, -0.25) is 9.59 Å². The van der Waals surface area contributed by atoms with E-state index in [2.05, 4.69) is 5.32 Å². The number of rotatable bonds is 5. The van der Waals surface area contributed by atoms with Crippen molar-refractivity contribution in [3.63, 3.8) is 0 Å². The molecule has 0 unspecified atom stereocenters. The fourth-order valence-electron chi connectivity index (χ4n) is 1.18. The summed E-state index contributed by atoms with van der Waals surface area (Å²) in [7, 11) is 0. The molecule has 1 aromatic carbocycles. The normalized spacial score (nSPS) is 9.81. The standard InChI is InChI=1S/C11H13NO3S/c1-16-9-5-3-2-4-8(9)12-10(13)6-7-11(14)15/h2-5H,6-7H2,1H3,(H,12,13)(H,14,15). The van der Waals surface area contributed by atoms with Gasteiger partial charge in [-0.05, 0) is 18.4 Å². The van der Waals surface area contributed by atoms with Crippen LogP contribution in [0.1, 0.15) is 12.8 Å². The molecule has 0 fully saturated rings. The van der Waals surface area contributed by atoms with Crippen molar-refractivity contribution in [2.75, 3.05) is 11.6 Å². The van der Waals surface area contributed by atoms with Gasteiger partial charge in [0, 0.05) is 11.3 Å². The summed E-state index contributed by atoms with van der Waals surface area (Å²) < 4.78 is 0. The summed E-state index contributed by atoms with van der Waals surface area (Å²) in [6.07, 6.45) is 1.77. The highest BCUT2D eigenvalue weighted by Gasteiger charge is 2.07. The lowest BCUT2D eigenvalue weighted by atomic mass is 10.2. The molecule has 1 amide bonds. The first-order valence-corrected chi connectivity index (χ1v) is 6.00. The zero-order valence-corrected chi connectivity index (χ0v) is 9.71. The van der Waals surface area contributed by atoms with E-state index in [1.54, 1.807) is 6.07 Å². The fraction of sp³-hybridized carbons (Fsp3) is 0.273. The SMILES string of the molecule is CSc1ccccc1NC(=O)CCC(=O)O. The quantitative estimate of drug-likeness (QED) is 0.773. The minimum absolute atomic E-state index is 0.00194. The molecule has 0 aliphatic carbocycles. The molecular formula is C11H13NO3S. The molecule has 86 valence electrons. The fourth-order valence-corrected chi connectivity index (χ4v) is 1.73. The molecule has 2 N–H and O–H groups in total. The van der Waals surface area contributed by atoms with Gasteiger partial charge in [-0.15, -0.1) is 11.8 Å². The highest BCUT2D eigenvalue weighted by atomic mass is 32.2. The number of carboxylic acids is 1. The number of thioether (sulfide) groups is 1. The van der Waals surface area contributed by atoms with Gasteiger partial charge in [0.25, 0.3) is 0 Å². The maximum atomic E-state index is 11.4. The Morgan fingerprint density at radius 2 is 2.00 bits per heavy atom. The largest absolute Gasteiger partial charge is 0.481 e. The number of para-hydroxylation sites is 1. The number of carbonyl (C=O) groups is 2. The van der Waals surface area contributed by atoms with Crippen molar-refractivity contribution in [1.29, 1.82) is 0 Å². The minimum Gasteiger partial charge on any atom is -0.481 e. The molecule has 5 heteroatoms. The Hall–Kier alpha value is -1.49. The molecule has 0 aliphatic rings. The third-order valence-corrected chi connectivity index (χ3v) is 2.74. The van der Waals surface area contributed by atoms with Crippen molar-refractivity contribution >= 4 is 29.3 Å². The van der Waals surface area contributed by atoms with Gasteiger partial charge in [0.15, 0.2) is 0 Å². The van der Waals surface area contributed by atoms with Crippen LogP contribution in [0, 0.1) is 0 Å². The second-order valence-corrected chi connectivity index (χ2v) is 3.99. The van der Waals surface area contributed by atoms with Crippen LogP contribution in [0.2, 0.25) is 0 Å². The highest BCUT2D eigenvalue weighted by Crippen LogP contribution is 2.24. The Kier molecular flexibility index (Phi) is 4.85. The zero-order chi connectivity index (χ0) is 12.0. The number of benzene rings is 1. The van der Waals surface area contributed by atoms with Crippen molar-refractivity contribution in [2.45, 2.75) is 17.7 Å². The first-order valence-electron chi connectivity index (χ1n) is 4.78. The molecule has 0 bridgehead atoms. The molecule has 0 aromatic heterocycles. The number of amides is 1. The molecule has 16 heavy (non-hydrogen) atoms. The van der Waals surface area contributed by atoms with Gasteiger partial charge in [-0.1, -0.05) is 12.1 Å². The molecule has 4 nitrogen and oxygen atoms in total. The van der Waals surface area contributed by atoms with Gasteiger partial charge in [-0.2, -0.15) is 0 Å². The van der Waals surface area contributed by atoms with Gasteiger partial charge in [0.1, 0.15) is 0 Å². The molecule has 0 atom stereocenters. The van der Waals surface area contributed by atoms with Gasteiger partial charge in [0.2, 0.25) is 5.91 Å². The molecule has 0 saturated carbocycles. The van der Waals surface area contributed by atoms with Gasteiger partial charge in [0.05, 0.1) is 12.1 Å². The Bertz CT molecular complexity index is 393. The molecule has 0 aliphatic heterocycles. The third-order valence-electron chi connectivity index (χ3n) is 1.95. The molecule has 1 aromatic rings. The second kappa shape index (κ2) is 6.17. The smallest absolute Gasteiger partial charge is 0.303 e.